The Hall–Kier alpha value is -3.80. The number of amides is 1. The van der Waals surface area contributed by atoms with Crippen LogP contribution in [-0.2, 0) is 4.79 Å². The largest absolute Gasteiger partial charge is 0.467 e. The molecule has 160 valence electrons. The Morgan fingerprint density at radius 3 is 2.69 bits per heavy atom. The Balaban J connectivity index is 1.25. The summed E-state index contributed by atoms with van der Waals surface area (Å²) in [5.74, 6) is 0.151. The van der Waals surface area contributed by atoms with Gasteiger partial charge in [0.25, 0.3) is 5.91 Å². The molecule has 1 atom stereocenters. The van der Waals surface area contributed by atoms with Gasteiger partial charge in [-0.1, -0.05) is 48.5 Å². The molecule has 3 aromatic carbocycles. The second kappa shape index (κ2) is 8.75. The summed E-state index contributed by atoms with van der Waals surface area (Å²) in [4.78, 5) is 36.1. The molecule has 4 aromatic rings. The van der Waals surface area contributed by atoms with Crippen molar-refractivity contribution in [2.45, 2.75) is 12.8 Å². The molecule has 32 heavy (non-hydrogen) atoms. The number of carbonyl (C=O) groups excluding carboxylic acids is 2. The zero-order valence-electron chi connectivity index (χ0n) is 17.6. The highest BCUT2D eigenvalue weighted by Crippen LogP contribution is 2.24. The van der Waals surface area contributed by atoms with E-state index in [0.717, 1.165) is 34.5 Å². The van der Waals surface area contributed by atoms with E-state index in [1.54, 1.807) is 4.90 Å². The van der Waals surface area contributed by atoms with Crippen molar-refractivity contribution in [1.82, 2.24) is 14.9 Å². The summed E-state index contributed by atoms with van der Waals surface area (Å²) >= 11 is 0. The van der Waals surface area contributed by atoms with Crippen LogP contribution in [-0.4, -0.2) is 46.3 Å². The zero-order valence-corrected chi connectivity index (χ0v) is 17.6. The highest BCUT2D eigenvalue weighted by atomic mass is 16.5. The fourth-order valence-corrected chi connectivity index (χ4v) is 4.31. The minimum absolute atomic E-state index is 0.0935. The maximum absolute atomic E-state index is 13.2. The van der Waals surface area contributed by atoms with E-state index in [2.05, 4.69) is 9.97 Å². The number of ketones is 1. The van der Waals surface area contributed by atoms with Gasteiger partial charge in [-0.05, 0) is 41.8 Å². The predicted molar refractivity (Wildman–Crippen MR) is 123 cm³/mol. The van der Waals surface area contributed by atoms with E-state index in [-0.39, 0.29) is 24.2 Å². The number of para-hydroxylation sites is 1. The number of nitrogens with zero attached hydrogens (tertiary/aromatic N) is 3. The maximum Gasteiger partial charge on any atom is 0.260 e. The van der Waals surface area contributed by atoms with Gasteiger partial charge in [0.05, 0.1) is 10.9 Å². The van der Waals surface area contributed by atoms with E-state index in [9.17, 15) is 9.59 Å². The van der Waals surface area contributed by atoms with E-state index in [1.165, 1.54) is 6.33 Å². The first-order chi connectivity index (χ1) is 15.7. The molecule has 0 N–H and O–H groups in total. The molecule has 1 unspecified atom stereocenters. The molecule has 0 spiro atoms. The Kier molecular flexibility index (Phi) is 5.50. The molecule has 0 radical (unpaired) electrons. The average molecular weight is 425 g/mol. The topological polar surface area (TPSA) is 72.4 Å². The van der Waals surface area contributed by atoms with E-state index in [1.807, 2.05) is 66.7 Å². The van der Waals surface area contributed by atoms with Crippen LogP contribution in [0.4, 0.5) is 0 Å². The van der Waals surface area contributed by atoms with Crippen LogP contribution in [0.25, 0.3) is 21.7 Å². The lowest BCUT2D eigenvalue weighted by molar-refractivity contribution is -0.134. The average Bonchev–Trinajstić information content (AvgIpc) is 2.86. The Labute approximate surface area is 185 Å². The predicted octanol–water partition coefficient (Wildman–Crippen LogP) is 4.28. The van der Waals surface area contributed by atoms with Gasteiger partial charge < -0.3 is 9.64 Å². The summed E-state index contributed by atoms with van der Waals surface area (Å²) in [5.41, 5.74) is 1.47. The lowest BCUT2D eigenvalue weighted by Crippen LogP contribution is -2.44. The highest BCUT2D eigenvalue weighted by molar-refractivity contribution is 6.01. The molecule has 6 nitrogen and oxygen atoms in total. The monoisotopic (exact) mass is 425 g/mol. The number of aromatic nitrogens is 2. The third-order valence-electron chi connectivity index (χ3n) is 6.02. The summed E-state index contributed by atoms with van der Waals surface area (Å²) < 4.78 is 5.74. The number of benzene rings is 3. The van der Waals surface area contributed by atoms with Crippen LogP contribution in [0.15, 0.2) is 73.1 Å². The van der Waals surface area contributed by atoms with Gasteiger partial charge in [0, 0.05) is 24.6 Å². The second-order valence-corrected chi connectivity index (χ2v) is 8.09. The van der Waals surface area contributed by atoms with E-state index in [0.29, 0.717) is 24.5 Å². The molecule has 0 saturated carbocycles. The lowest BCUT2D eigenvalue weighted by atomic mass is 9.89. The van der Waals surface area contributed by atoms with Crippen molar-refractivity contribution in [3.63, 3.8) is 0 Å². The highest BCUT2D eigenvalue weighted by Gasteiger charge is 2.29. The third-order valence-corrected chi connectivity index (χ3v) is 6.02. The summed E-state index contributed by atoms with van der Waals surface area (Å²) in [7, 11) is 0. The van der Waals surface area contributed by atoms with Crippen molar-refractivity contribution in [2.24, 2.45) is 5.92 Å². The zero-order chi connectivity index (χ0) is 21.9. The minimum Gasteiger partial charge on any atom is -0.467 e. The summed E-state index contributed by atoms with van der Waals surface area (Å²) in [6.07, 6.45) is 3.01. The standard InChI is InChI=1S/C26H23N3O3/c30-24(16-32-26-22-9-3-4-10-23(22)27-17-28-26)29-13-5-8-21(15-29)25(31)20-12-11-18-6-1-2-7-19(18)14-20/h1-4,6-7,9-12,14,17,21H,5,8,13,15-16H2. The van der Waals surface area contributed by atoms with Gasteiger partial charge in [0.15, 0.2) is 12.4 Å². The molecule has 2 heterocycles. The Morgan fingerprint density at radius 1 is 0.969 bits per heavy atom. The number of piperidine rings is 1. The second-order valence-electron chi connectivity index (χ2n) is 8.09. The van der Waals surface area contributed by atoms with Crippen LogP contribution in [0.5, 0.6) is 5.88 Å². The maximum atomic E-state index is 13.2. The fourth-order valence-electron chi connectivity index (χ4n) is 4.31. The molecule has 6 heteroatoms. The molecule has 1 saturated heterocycles. The lowest BCUT2D eigenvalue weighted by Gasteiger charge is -2.32. The van der Waals surface area contributed by atoms with Crippen molar-refractivity contribution >= 4 is 33.4 Å². The number of likely N-dealkylation sites (tertiary alicyclic amines) is 1. The molecule has 1 aliphatic heterocycles. The molecule has 5 rings (SSSR count). The van der Waals surface area contributed by atoms with Crippen molar-refractivity contribution in [3.05, 3.63) is 78.6 Å². The van der Waals surface area contributed by atoms with Gasteiger partial charge >= 0.3 is 0 Å². The van der Waals surface area contributed by atoms with Crippen LogP contribution in [0.1, 0.15) is 23.2 Å². The summed E-state index contributed by atoms with van der Waals surface area (Å²) in [6, 6.07) is 21.3. The minimum atomic E-state index is -0.200. The number of hydrogen-bond acceptors (Lipinski definition) is 5. The van der Waals surface area contributed by atoms with Crippen molar-refractivity contribution in [3.8, 4) is 5.88 Å². The molecule has 1 amide bonds. The van der Waals surface area contributed by atoms with Crippen LogP contribution >= 0.6 is 0 Å². The normalized spacial score (nSPS) is 16.2. The SMILES string of the molecule is O=C(c1ccc2ccccc2c1)C1CCCN(C(=O)COc2ncnc3ccccc23)C1. The number of hydrogen-bond donors (Lipinski definition) is 0. The van der Waals surface area contributed by atoms with Crippen LogP contribution < -0.4 is 4.74 Å². The van der Waals surface area contributed by atoms with Crippen LogP contribution in [0.2, 0.25) is 0 Å². The summed E-state index contributed by atoms with van der Waals surface area (Å²) in [5, 5.41) is 2.93. The quantitative estimate of drug-likeness (QED) is 0.446. The van der Waals surface area contributed by atoms with Gasteiger partial charge in [-0.15, -0.1) is 0 Å². The van der Waals surface area contributed by atoms with Gasteiger partial charge in [0.2, 0.25) is 5.88 Å². The number of rotatable bonds is 5. The first-order valence-corrected chi connectivity index (χ1v) is 10.8. The first-order valence-electron chi connectivity index (χ1n) is 10.8. The van der Waals surface area contributed by atoms with E-state index in [4.69, 9.17) is 4.74 Å². The molecule has 0 bridgehead atoms. The molecular formula is C26H23N3O3. The number of Topliss-reactive ketones (excluding diaryl/α,β-unsaturated/α-hetero) is 1. The van der Waals surface area contributed by atoms with Crippen molar-refractivity contribution < 1.29 is 14.3 Å². The van der Waals surface area contributed by atoms with Gasteiger partial charge in [-0.25, -0.2) is 9.97 Å². The molecule has 1 aliphatic rings. The smallest absolute Gasteiger partial charge is 0.260 e. The summed E-state index contributed by atoms with van der Waals surface area (Å²) in [6.45, 7) is 0.935. The molecule has 0 aliphatic carbocycles. The van der Waals surface area contributed by atoms with Crippen molar-refractivity contribution in [1.29, 1.82) is 0 Å². The van der Waals surface area contributed by atoms with E-state index >= 15 is 0 Å². The Bertz CT molecular complexity index is 1300. The molecule has 1 aromatic heterocycles. The Morgan fingerprint density at radius 2 is 1.78 bits per heavy atom. The fraction of sp³-hybridized carbons (Fsp3) is 0.231. The number of carbonyl (C=O) groups is 2. The van der Waals surface area contributed by atoms with Crippen LogP contribution in [0, 0.1) is 5.92 Å². The van der Waals surface area contributed by atoms with Gasteiger partial charge in [-0.3, -0.25) is 9.59 Å². The molecule has 1 fully saturated rings. The van der Waals surface area contributed by atoms with Gasteiger partial charge in [0.1, 0.15) is 6.33 Å². The van der Waals surface area contributed by atoms with E-state index < -0.39 is 0 Å². The first kappa shape index (κ1) is 20.1. The molecular weight excluding hydrogens is 402 g/mol. The van der Waals surface area contributed by atoms with Gasteiger partial charge in [-0.2, -0.15) is 0 Å². The third kappa shape index (κ3) is 4.04. The van der Waals surface area contributed by atoms with Crippen molar-refractivity contribution in [2.75, 3.05) is 19.7 Å². The number of ether oxygens (including phenoxy) is 1. The number of fused-ring (bicyclic) bond motifs is 2. The van der Waals surface area contributed by atoms with Crippen LogP contribution in [0.3, 0.4) is 0 Å².